The summed E-state index contributed by atoms with van der Waals surface area (Å²) in [6.07, 6.45) is 3.98. The van der Waals surface area contributed by atoms with Crippen LogP contribution in [0.25, 0.3) is 23.1 Å². The first-order valence-corrected chi connectivity index (χ1v) is 7.99. The van der Waals surface area contributed by atoms with E-state index in [0.29, 0.717) is 12.2 Å². The first kappa shape index (κ1) is 16.0. The number of nitrogens with zero attached hydrogens (tertiary/aromatic N) is 1. The molecule has 4 heteroatoms. The molecule has 3 aromatic rings. The summed E-state index contributed by atoms with van der Waals surface area (Å²) in [5.74, 6) is -0.315. The Morgan fingerprint density at radius 1 is 1.12 bits per heavy atom. The molecule has 3 rings (SSSR count). The van der Waals surface area contributed by atoms with Gasteiger partial charge >= 0.3 is 5.97 Å². The smallest absolute Gasteiger partial charge is 0.338 e. The second-order valence-electron chi connectivity index (χ2n) is 5.77. The van der Waals surface area contributed by atoms with Crippen LogP contribution in [0.2, 0.25) is 0 Å². The summed E-state index contributed by atoms with van der Waals surface area (Å²) in [7, 11) is 0. The molecule has 0 atom stereocenters. The lowest BCUT2D eigenvalue weighted by atomic mass is 10.1. The molecule has 0 aliphatic rings. The van der Waals surface area contributed by atoms with E-state index >= 15 is 0 Å². The number of rotatable bonds is 4. The minimum Gasteiger partial charge on any atom is -0.462 e. The van der Waals surface area contributed by atoms with E-state index in [1.165, 1.54) is 11.1 Å². The molecule has 0 saturated carbocycles. The van der Waals surface area contributed by atoms with Gasteiger partial charge in [-0.1, -0.05) is 24.3 Å². The van der Waals surface area contributed by atoms with Crippen LogP contribution in [0.4, 0.5) is 0 Å². The molecule has 0 amide bonds. The van der Waals surface area contributed by atoms with Gasteiger partial charge in [0.1, 0.15) is 0 Å². The second kappa shape index (κ2) is 6.71. The van der Waals surface area contributed by atoms with Crippen molar-refractivity contribution in [3.8, 4) is 0 Å². The topological polar surface area (TPSA) is 55.0 Å². The highest BCUT2D eigenvalue weighted by molar-refractivity contribution is 5.97. The van der Waals surface area contributed by atoms with Crippen LogP contribution in [0.5, 0.6) is 0 Å². The quantitative estimate of drug-likeness (QED) is 0.719. The molecule has 0 spiro atoms. The Morgan fingerprint density at radius 3 is 2.71 bits per heavy atom. The van der Waals surface area contributed by atoms with Gasteiger partial charge in [0.25, 0.3) is 0 Å². The molecule has 0 saturated heterocycles. The van der Waals surface area contributed by atoms with Crippen molar-refractivity contribution >= 4 is 29.0 Å². The fourth-order valence-corrected chi connectivity index (χ4v) is 2.55. The molecule has 4 nitrogen and oxygen atoms in total. The maximum atomic E-state index is 11.9. The Hall–Kier alpha value is -2.88. The number of carbonyl (C=O) groups excluding carboxylic acids is 1. The monoisotopic (exact) mass is 320 g/mol. The summed E-state index contributed by atoms with van der Waals surface area (Å²) in [6, 6.07) is 11.7. The molecule has 1 aromatic heterocycles. The Morgan fingerprint density at radius 2 is 1.96 bits per heavy atom. The van der Waals surface area contributed by atoms with E-state index in [1.807, 2.05) is 24.3 Å². The number of nitrogens with one attached hydrogen (secondary N) is 1. The average Bonchev–Trinajstić information content (AvgIpc) is 2.98. The highest BCUT2D eigenvalue weighted by Crippen LogP contribution is 2.21. The van der Waals surface area contributed by atoms with Crippen LogP contribution in [0.15, 0.2) is 36.4 Å². The van der Waals surface area contributed by atoms with E-state index in [1.54, 1.807) is 13.0 Å². The highest BCUT2D eigenvalue weighted by atomic mass is 16.5. The molecular formula is C20H20N2O2. The summed E-state index contributed by atoms with van der Waals surface area (Å²) >= 11 is 0. The molecule has 0 fully saturated rings. The first-order valence-electron chi connectivity index (χ1n) is 7.99. The largest absolute Gasteiger partial charge is 0.462 e. The molecule has 1 heterocycles. The van der Waals surface area contributed by atoms with Crippen molar-refractivity contribution in [1.82, 2.24) is 10.2 Å². The van der Waals surface area contributed by atoms with Gasteiger partial charge in [0.05, 0.1) is 23.4 Å². The van der Waals surface area contributed by atoms with Gasteiger partial charge in [0, 0.05) is 5.39 Å². The van der Waals surface area contributed by atoms with Gasteiger partial charge < -0.3 is 4.74 Å². The van der Waals surface area contributed by atoms with Crippen molar-refractivity contribution < 1.29 is 9.53 Å². The fraction of sp³-hybridized carbons (Fsp3) is 0.200. The SMILES string of the molecule is CCOC(=O)c1ccc2[nH]nc(/C=C/c3ccc(C)c(C)c3)c2c1. The molecule has 0 bridgehead atoms. The van der Waals surface area contributed by atoms with Gasteiger partial charge in [-0.05, 0) is 61.7 Å². The van der Waals surface area contributed by atoms with Crippen LogP contribution >= 0.6 is 0 Å². The Kier molecular flexibility index (Phi) is 4.47. The van der Waals surface area contributed by atoms with E-state index in [-0.39, 0.29) is 5.97 Å². The molecular weight excluding hydrogens is 300 g/mol. The fourth-order valence-electron chi connectivity index (χ4n) is 2.55. The van der Waals surface area contributed by atoms with Crippen LogP contribution < -0.4 is 0 Å². The number of aryl methyl sites for hydroxylation is 2. The van der Waals surface area contributed by atoms with Crippen molar-refractivity contribution in [3.05, 3.63) is 64.3 Å². The van der Waals surface area contributed by atoms with Gasteiger partial charge in [-0.15, -0.1) is 0 Å². The van der Waals surface area contributed by atoms with Crippen LogP contribution in [0.3, 0.4) is 0 Å². The minimum absolute atomic E-state index is 0.315. The molecule has 1 N–H and O–H groups in total. The van der Waals surface area contributed by atoms with Gasteiger partial charge in [-0.2, -0.15) is 5.10 Å². The van der Waals surface area contributed by atoms with Gasteiger partial charge in [0.2, 0.25) is 0 Å². The molecule has 0 unspecified atom stereocenters. The van der Waals surface area contributed by atoms with Crippen molar-refractivity contribution in [2.45, 2.75) is 20.8 Å². The van der Waals surface area contributed by atoms with Crippen LogP contribution in [-0.2, 0) is 4.74 Å². The third-order valence-electron chi connectivity index (χ3n) is 4.07. The van der Waals surface area contributed by atoms with Crippen LogP contribution in [-0.4, -0.2) is 22.8 Å². The first-order chi connectivity index (χ1) is 11.6. The zero-order chi connectivity index (χ0) is 17.1. The van der Waals surface area contributed by atoms with Crippen molar-refractivity contribution in [3.63, 3.8) is 0 Å². The number of esters is 1. The standard InChI is InChI=1S/C20H20N2O2/c1-4-24-20(23)16-8-10-19-17(12-16)18(21-22-19)9-7-15-6-5-13(2)14(3)11-15/h5-12H,4H2,1-3H3,(H,21,22)/b9-7+. The summed E-state index contributed by atoms with van der Waals surface area (Å²) in [6.45, 7) is 6.36. The van der Waals surface area contributed by atoms with E-state index in [9.17, 15) is 4.79 Å². The van der Waals surface area contributed by atoms with Gasteiger partial charge in [-0.3, -0.25) is 5.10 Å². The zero-order valence-electron chi connectivity index (χ0n) is 14.1. The summed E-state index contributed by atoms with van der Waals surface area (Å²) < 4.78 is 5.06. The molecule has 2 aromatic carbocycles. The zero-order valence-corrected chi connectivity index (χ0v) is 14.1. The molecule has 24 heavy (non-hydrogen) atoms. The molecule has 0 radical (unpaired) electrons. The lowest BCUT2D eigenvalue weighted by Crippen LogP contribution is -2.04. The Balaban J connectivity index is 1.94. The number of aromatic nitrogens is 2. The third-order valence-corrected chi connectivity index (χ3v) is 4.07. The highest BCUT2D eigenvalue weighted by Gasteiger charge is 2.10. The third kappa shape index (κ3) is 3.23. The minimum atomic E-state index is -0.315. The lowest BCUT2D eigenvalue weighted by Gasteiger charge is -2.02. The summed E-state index contributed by atoms with van der Waals surface area (Å²) in [5.41, 5.74) is 5.88. The second-order valence-corrected chi connectivity index (χ2v) is 5.77. The van der Waals surface area contributed by atoms with E-state index < -0.39 is 0 Å². The predicted molar refractivity (Wildman–Crippen MR) is 96.9 cm³/mol. The number of carbonyl (C=O) groups is 1. The Labute approximate surface area is 141 Å². The number of H-pyrrole nitrogens is 1. The molecule has 122 valence electrons. The normalized spacial score (nSPS) is 11.3. The lowest BCUT2D eigenvalue weighted by molar-refractivity contribution is 0.0526. The maximum Gasteiger partial charge on any atom is 0.338 e. The van der Waals surface area contributed by atoms with Crippen molar-refractivity contribution in [2.75, 3.05) is 6.61 Å². The van der Waals surface area contributed by atoms with E-state index in [0.717, 1.165) is 22.2 Å². The van der Waals surface area contributed by atoms with Gasteiger partial charge in [-0.25, -0.2) is 4.79 Å². The van der Waals surface area contributed by atoms with E-state index in [4.69, 9.17) is 4.74 Å². The van der Waals surface area contributed by atoms with Crippen molar-refractivity contribution in [1.29, 1.82) is 0 Å². The average molecular weight is 320 g/mol. The summed E-state index contributed by atoms with van der Waals surface area (Å²) in [4.78, 5) is 11.9. The maximum absolute atomic E-state index is 11.9. The van der Waals surface area contributed by atoms with Crippen LogP contribution in [0.1, 0.15) is 39.7 Å². The number of aromatic amines is 1. The number of hydrogen-bond donors (Lipinski definition) is 1. The molecule has 0 aliphatic heterocycles. The molecule has 0 aliphatic carbocycles. The Bertz CT molecular complexity index is 923. The number of ether oxygens (including phenoxy) is 1. The van der Waals surface area contributed by atoms with Crippen molar-refractivity contribution in [2.24, 2.45) is 0 Å². The predicted octanol–water partition coefficient (Wildman–Crippen LogP) is 4.53. The number of fused-ring (bicyclic) bond motifs is 1. The van der Waals surface area contributed by atoms with E-state index in [2.05, 4.69) is 42.2 Å². The van der Waals surface area contributed by atoms with Crippen LogP contribution in [0, 0.1) is 13.8 Å². The number of benzene rings is 2. The number of hydrogen-bond acceptors (Lipinski definition) is 3. The summed E-state index contributed by atoms with van der Waals surface area (Å²) in [5, 5.41) is 8.23. The van der Waals surface area contributed by atoms with Gasteiger partial charge in [0.15, 0.2) is 0 Å².